The predicted octanol–water partition coefficient (Wildman–Crippen LogP) is 3.34. The standard InChI is InChI=1S/C21H23N5OS/c1-14-8-9-19(15(2)12-14)26-21(22-23-24-26)28-16(3)20(27)25-11-10-17-6-4-5-7-18(17)13-25/h4-9,12,16H,10-11,13H2,1-3H3. The van der Waals surface area contributed by atoms with Crippen molar-refractivity contribution in [1.82, 2.24) is 25.1 Å². The van der Waals surface area contributed by atoms with E-state index in [-0.39, 0.29) is 11.2 Å². The van der Waals surface area contributed by atoms with Crippen LogP contribution in [0.25, 0.3) is 5.69 Å². The van der Waals surface area contributed by atoms with Crippen LogP contribution in [0.5, 0.6) is 0 Å². The average molecular weight is 394 g/mol. The van der Waals surface area contributed by atoms with Crippen LogP contribution >= 0.6 is 11.8 Å². The van der Waals surface area contributed by atoms with Crippen molar-refractivity contribution in [2.45, 2.75) is 44.1 Å². The maximum atomic E-state index is 13.0. The van der Waals surface area contributed by atoms with E-state index in [9.17, 15) is 4.79 Å². The zero-order chi connectivity index (χ0) is 19.7. The van der Waals surface area contributed by atoms with Gasteiger partial charge < -0.3 is 4.90 Å². The second-order valence-corrected chi connectivity index (χ2v) is 8.51. The van der Waals surface area contributed by atoms with Gasteiger partial charge in [-0.25, -0.2) is 0 Å². The molecule has 0 aliphatic carbocycles. The molecule has 2 heterocycles. The fourth-order valence-electron chi connectivity index (χ4n) is 3.60. The number of carbonyl (C=O) groups is 1. The van der Waals surface area contributed by atoms with Gasteiger partial charge in [0.2, 0.25) is 11.1 Å². The van der Waals surface area contributed by atoms with Crippen LogP contribution in [0.3, 0.4) is 0 Å². The minimum Gasteiger partial charge on any atom is -0.337 e. The predicted molar refractivity (Wildman–Crippen MR) is 110 cm³/mol. The molecule has 0 N–H and O–H groups in total. The van der Waals surface area contributed by atoms with E-state index in [1.165, 1.54) is 28.5 Å². The SMILES string of the molecule is Cc1ccc(-n2nnnc2SC(C)C(=O)N2CCc3ccccc3C2)c(C)c1. The molecule has 0 fully saturated rings. The summed E-state index contributed by atoms with van der Waals surface area (Å²) in [4.78, 5) is 15.0. The molecule has 6 nitrogen and oxygen atoms in total. The Bertz CT molecular complexity index is 1020. The maximum absolute atomic E-state index is 13.0. The van der Waals surface area contributed by atoms with Gasteiger partial charge in [0, 0.05) is 13.1 Å². The molecule has 4 rings (SSSR count). The topological polar surface area (TPSA) is 63.9 Å². The van der Waals surface area contributed by atoms with Gasteiger partial charge in [-0.3, -0.25) is 4.79 Å². The van der Waals surface area contributed by atoms with E-state index in [2.05, 4.69) is 46.7 Å². The normalized spacial score (nSPS) is 14.6. The van der Waals surface area contributed by atoms with E-state index in [0.29, 0.717) is 11.7 Å². The monoisotopic (exact) mass is 393 g/mol. The summed E-state index contributed by atoms with van der Waals surface area (Å²) in [6.07, 6.45) is 0.902. The Morgan fingerprint density at radius 1 is 1.14 bits per heavy atom. The third-order valence-electron chi connectivity index (χ3n) is 5.09. The molecule has 0 bridgehead atoms. The molecule has 1 atom stereocenters. The number of aryl methyl sites for hydroxylation is 2. The Hall–Kier alpha value is -2.67. The summed E-state index contributed by atoms with van der Waals surface area (Å²) in [6, 6.07) is 14.5. The highest BCUT2D eigenvalue weighted by atomic mass is 32.2. The molecule has 28 heavy (non-hydrogen) atoms. The summed E-state index contributed by atoms with van der Waals surface area (Å²) >= 11 is 1.40. The number of carbonyl (C=O) groups excluding carboxylic acids is 1. The van der Waals surface area contributed by atoms with Crippen molar-refractivity contribution in [2.24, 2.45) is 0 Å². The van der Waals surface area contributed by atoms with Gasteiger partial charge in [0.15, 0.2) is 0 Å². The number of rotatable bonds is 4. The average Bonchev–Trinajstić information content (AvgIpc) is 3.14. The van der Waals surface area contributed by atoms with E-state index in [1.807, 2.05) is 36.9 Å². The first-order valence-corrected chi connectivity index (χ1v) is 10.3. The van der Waals surface area contributed by atoms with Crippen LogP contribution in [0.2, 0.25) is 0 Å². The first-order valence-electron chi connectivity index (χ1n) is 9.41. The van der Waals surface area contributed by atoms with E-state index >= 15 is 0 Å². The van der Waals surface area contributed by atoms with Gasteiger partial charge in [-0.2, -0.15) is 4.68 Å². The Morgan fingerprint density at radius 3 is 2.71 bits per heavy atom. The van der Waals surface area contributed by atoms with Gasteiger partial charge in [0.25, 0.3) is 0 Å². The Balaban J connectivity index is 1.50. The number of fused-ring (bicyclic) bond motifs is 1. The summed E-state index contributed by atoms with van der Waals surface area (Å²) in [5.74, 6) is 0.120. The number of hydrogen-bond acceptors (Lipinski definition) is 5. The van der Waals surface area contributed by atoms with Gasteiger partial charge in [0.05, 0.1) is 10.9 Å². The van der Waals surface area contributed by atoms with Gasteiger partial charge in [-0.15, -0.1) is 5.10 Å². The minimum absolute atomic E-state index is 0.120. The molecule has 1 aliphatic rings. The number of thioether (sulfide) groups is 1. The van der Waals surface area contributed by atoms with Crippen molar-refractivity contribution in [3.63, 3.8) is 0 Å². The fraction of sp³-hybridized carbons (Fsp3) is 0.333. The largest absolute Gasteiger partial charge is 0.337 e. The zero-order valence-corrected chi connectivity index (χ0v) is 17.1. The van der Waals surface area contributed by atoms with Crippen molar-refractivity contribution in [3.05, 3.63) is 64.7 Å². The molecule has 2 aromatic carbocycles. The molecule has 3 aromatic rings. The first kappa shape index (κ1) is 18.7. The smallest absolute Gasteiger partial charge is 0.236 e. The second-order valence-electron chi connectivity index (χ2n) is 7.20. The lowest BCUT2D eigenvalue weighted by Crippen LogP contribution is -2.40. The molecule has 0 saturated heterocycles. The lowest BCUT2D eigenvalue weighted by molar-refractivity contribution is -0.131. The van der Waals surface area contributed by atoms with E-state index in [1.54, 1.807) is 4.68 Å². The van der Waals surface area contributed by atoms with Gasteiger partial charge in [-0.1, -0.05) is 53.7 Å². The van der Waals surface area contributed by atoms with Crippen molar-refractivity contribution < 1.29 is 4.79 Å². The number of tetrazole rings is 1. The summed E-state index contributed by atoms with van der Waals surface area (Å²) in [5.41, 5.74) is 5.80. The number of nitrogens with zero attached hydrogens (tertiary/aromatic N) is 5. The van der Waals surface area contributed by atoms with Crippen LogP contribution in [-0.4, -0.2) is 42.8 Å². The third kappa shape index (κ3) is 3.67. The quantitative estimate of drug-likeness (QED) is 0.636. The van der Waals surface area contributed by atoms with Crippen LogP contribution in [0.4, 0.5) is 0 Å². The van der Waals surface area contributed by atoms with E-state index in [0.717, 1.165) is 24.2 Å². The van der Waals surface area contributed by atoms with Crippen molar-refractivity contribution in [3.8, 4) is 5.69 Å². The zero-order valence-electron chi connectivity index (χ0n) is 16.3. The molecule has 1 aliphatic heterocycles. The number of amides is 1. The van der Waals surface area contributed by atoms with Gasteiger partial charge in [0.1, 0.15) is 0 Å². The van der Waals surface area contributed by atoms with Crippen LogP contribution in [0, 0.1) is 13.8 Å². The first-order chi connectivity index (χ1) is 13.5. The van der Waals surface area contributed by atoms with Crippen LogP contribution in [0.15, 0.2) is 47.6 Å². The Labute approximate surface area is 168 Å². The highest BCUT2D eigenvalue weighted by Crippen LogP contribution is 2.27. The summed E-state index contributed by atoms with van der Waals surface area (Å²) in [5, 5.41) is 12.5. The fourth-order valence-corrected chi connectivity index (χ4v) is 4.48. The van der Waals surface area contributed by atoms with Crippen molar-refractivity contribution in [2.75, 3.05) is 6.54 Å². The maximum Gasteiger partial charge on any atom is 0.236 e. The van der Waals surface area contributed by atoms with Crippen LogP contribution in [-0.2, 0) is 17.8 Å². The second kappa shape index (κ2) is 7.75. The highest BCUT2D eigenvalue weighted by Gasteiger charge is 2.27. The molecule has 7 heteroatoms. The Morgan fingerprint density at radius 2 is 1.93 bits per heavy atom. The van der Waals surface area contributed by atoms with Crippen LogP contribution in [0.1, 0.15) is 29.2 Å². The number of hydrogen-bond donors (Lipinski definition) is 0. The molecule has 1 unspecified atom stereocenters. The van der Waals surface area contributed by atoms with Crippen molar-refractivity contribution in [1.29, 1.82) is 0 Å². The number of aromatic nitrogens is 4. The molecule has 1 amide bonds. The minimum atomic E-state index is -0.263. The highest BCUT2D eigenvalue weighted by molar-refractivity contribution is 8.00. The van der Waals surface area contributed by atoms with E-state index < -0.39 is 0 Å². The molecule has 0 spiro atoms. The van der Waals surface area contributed by atoms with Gasteiger partial charge in [-0.05, 0) is 60.4 Å². The third-order valence-corrected chi connectivity index (χ3v) is 6.11. The summed E-state index contributed by atoms with van der Waals surface area (Å²) in [7, 11) is 0. The summed E-state index contributed by atoms with van der Waals surface area (Å²) in [6.45, 7) is 7.45. The molecular formula is C21H23N5OS. The van der Waals surface area contributed by atoms with Gasteiger partial charge >= 0.3 is 0 Å². The lowest BCUT2D eigenvalue weighted by atomic mass is 10.00. The molecule has 0 saturated carbocycles. The molecule has 144 valence electrons. The van der Waals surface area contributed by atoms with Crippen molar-refractivity contribution >= 4 is 17.7 Å². The molecule has 1 aromatic heterocycles. The number of benzene rings is 2. The Kier molecular flexibility index (Phi) is 5.17. The molecule has 0 radical (unpaired) electrons. The lowest BCUT2D eigenvalue weighted by Gasteiger charge is -2.30. The van der Waals surface area contributed by atoms with Crippen LogP contribution < -0.4 is 0 Å². The molecular weight excluding hydrogens is 370 g/mol. The summed E-state index contributed by atoms with van der Waals surface area (Å²) < 4.78 is 1.72. The van der Waals surface area contributed by atoms with E-state index in [4.69, 9.17) is 0 Å².